The Balaban J connectivity index is 1.57. The monoisotopic (exact) mass is 432 g/mol. The summed E-state index contributed by atoms with van der Waals surface area (Å²) in [6, 6.07) is 9.24. The minimum Gasteiger partial charge on any atom is -0.354 e. The highest BCUT2D eigenvalue weighted by atomic mass is 32.2. The van der Waals surface area contributed by atoms with Crippen molar-refractivity contribution in [1.82, 2.24) is 14.3 Å². The fraction of sp³-hybridized carbons (Fsp3) is 0.450. The number of benzene rings is 1. The predicted octanol–water partition coefficient (Wildman–Crippen LogP) is 2.57. The van der Waals surface area contributed by atoms with Crippen LogP contribution in [-0.2, 0) is 14.8 Å². The lowest BCUT2D eigenvalue weighted by molar-refractivity contribution is -0.120. The van der Waals surface area contributed by atoms with Gasteiger partial charge in [-0.15, -0.1) is 0 Å². The van der Waals surface area contributed by atoms with E-state index in [1.165, 1.54) is 10.6 Å². The summed E-state index contributed by atoms with van der Waals surface area (Å²) >= 11 is 0. The zero-order chi connectivity index (χ0) is 21.7. The molecule has 1 saturated heterocycles. The van der Waals surface area contributed by atoms with Crippen molar-refractivity contribution in [3.05, 3.63) is 36.0 Å². The average Bonchev–Trinajstić information content (AvgIpc) is 2.69. The van der Waals surface area contributed by atoms with E-state index in [-0.39, 0.29) is 11.8 Å². The average molecular weight is 433 g/mol. The molecule has 0 radical (unpaired) electrons. The maximum atomic E-state index is 12.5. The van der Waals surface area contributed by atoms with Crippen molar-refractivity contribution in [2.45, 2.75) is 26.7 Å². The van der Waals surface area contributed by atoms with E-state index >= 15 is 0 Å². The first-order chi connectivity index (χ1) is 14.2. The number of hydrogen-bond donors (Lipinski definition) is 3. The van der Waals surface area contributed by atoms with Gasteiger partial charge in [0.25, 0.3) is 0 Å². The number of aromatic nitrogens is 2. The van der Waals surface area contributed by atoms with Gasteiger partial charge in [0, 0.05) is 48.7 Å². The Hall–Kier alpha value is -2.72. The number of anilines is 4. The normalized spacial score (nSPS) is 15.6. The summed E-state index contributed by atoms with van der Waals surface area (Å²) in [7, 11) is -3.19. The molecule has 1 fully saturated rings. The van der Waals surface area contributed by atoms with Crippen LogP contribution >= 0.6 is 0 Å². The summed E-state index contributed by atoms with van der Waals surface area (Å²) in [6.07, 6.45) is 2.26. The van der Waals surface area contributed by atoms with Gasteiger partial charge in [0.15, 0.2) is 0 Å². The van der Waals surface area contributed by atoms with Gasteiger partial charge in [-0.05, 0) is 51.0 Å². The Labute approximate surface area is 177 Å². The molecule has 1 aliphatic heterocycles. The molecule has 0 unspecified atom stereocenters. The largest absolute Gasteiger partial charge is 0.354 e. The molecule has 9 nitrogen and oxygen atoms in total. The maximum absolute atomic E-state index is 12.5. The molecule has 10 heteroatoms. The minimum absolute atomic E-state index is 0.0782. The molecule has 3 rings (SSSR count). The van der Waals surface area contributed by atoms with E-state index in [9.17, 15) is 13.2 Å². The summed E-state index contributed by atoms with van der Waals surface area (Å²) in [5.74, 6) is 0.999. The Kier molecular flexibility index (Phi) is 6.88. The highest BCUT2D eigenvalue weighted by Crippen LogP contribution is 2.23. The van der Waals surface area contributed by atoms with E-state index in [4.69, 9.17) is 0 Å². The van der Waals surface area contributed by atoms with Gasteiger partial charge in [0.05, 0.1) is 6.26 Å². The van der Waals surface area contributed by atoms with Gasteiger partial charge in [0.1, 0.15) is 5.82 Å². The van der Waals surface area contributed by atoms with Gasteiger partial charge in [-0.3, -0.25) is 4.79 Å². The molecule has 162 valence electrons. The number of piperidine rings is 1. The van der Waals surface area contributed by atoms with Crippen LogP contribution in [0.5, 0.6) is 0 Å². The summed E-state index contributed by atoms with van der Waals surface area (Å²) in [5, 5.41) is 9.26. The lowest BCUT2D eigenvalue weighted by atomic mass is 9.97. The molecule has 0 aliphatic carbocycles. The third-order valence-corrected chi connectivity index (χ3v) is 6.21. The van der Waals surface area contributed by atoms with Crippen LogP contribution in [0.1, 0.15) is 25.5 Å². The lowest BCUT2D eigenvalue weighted by Gasteiger charge is -2.29. The minimum atomic E-state index is -3.19. The van der Waals surface area contributed by atoms with Gasteiger partial charge in [-0.2, -0.15) is 4.98 Å². The Morgan fingerprint density at radius 2 is 1.77 bits per heavy atom. The molecule has 1 aliphatic rings. The van der Waals surface area contributed by atoms with Crippen LogP contribution in [0.25, 0.3) is 0 Å². The number of aryl methyl sites for hydroxylation is 1. The molecule has 0 saturated carbocycles. The summed E-state index contributed by atoms with van der Waals surface area (Å²) in [4.78, 5) is 21.3. The first-order valence-corrected chi connectivity index (χ1v) is 11.8. The van der Waals surface area contributed by atoms with E-state index in [1.807, 2.05) is 44.2 Å². The van der Waals surface area contributed by atoms with Crippen molar-refractivity contribution in [3.8, 4) is 0 Å². The highest BCUT2D eigenvalue weighted by molar-refractivity contribution is 7.88. The first kappa shape index (κ1) is 22.0. The summed E-state index contributed by atoms with van der Waals surface area (Å²) in [5.41, 5.74) is 2.40. The number of nitrogens with one attached hydrogen (secondary N) is 3. The summed E-state index contributed by atoms with van der Waals surface area (Å²) < 4.78 is 24.6. The van der Waals surface area contributed by atoms with Crippen molar-refractivity contribution in [2.24, 2.45) is 5.92 Å². The fourth-order valence-corrected chi connectivity index (χ4v) is 4.22. The van der Waals surface area contributed by atoms with Crippen LogP contribution in [0.15, 0.2) is 30.3 Å². The van der Waals surface area contributed by atoms with Gasteiger partial charge >= 0.3 is 0 Å². The van der Waals surface area contributed by atoms with E-state index in [2.05, 4.69) is 25.9 Å². The van der Waals surface area contributed by atoms with Crippen LogP contribution in [0, 0.1) is 12.8 Å². The Bertz CT molecular complexity index is 986. The quantitative estimate of drug-likeness (QED) is 0.616. The number of sulfonamides is 1. The number of hydrogen-bond acceptors (Lipinski definition) is 7. The van der Waals surface area contributed by atoms with Gasteiger partial charge in [-0.1, -0.05) is 0 Å². The molecule has 1 aromatic carbocycles. The molecule has 3 N–H and O–H groups in total. The molecule has 30 heavy (non-hydrogen) atoms. The van der Waals surface area contributed by atoms with Crippen molar-refractivity contribution in [1.29, 1.82) is 0 Å². The molecule has 0 bridgehead atoms. The van der Waals surface area contributed by atoms with Crippen molar-refractivity contribution in [3.63, 3.8) is 0 Å². The Morgan fingerprint density at radius 3 is 2.37 bits per heavy atom. The number of rotatable bonds is 7. The fourth-order valence-electron chi connectivity index (χ4n) is 3.35. The highest BCUT2D eigenvalue weighted by Gasteiger charge is 2.28. The molecule has 2 heterocycles. The molecular weight excluding hydrogens is 404 g/mol. The van der Waals surface area contributed by atoms with Crippen molar-refractivity contribution < 1.29 is 13.2 Å². The number of carbonyl (C=O) groups excluding carboxylic acids is 1. The van der Waals surface area contributed by atoms with Crippen LogP contribution in [0.4, 0.5) is 23.1 Å². The standard InChI is InChI=1S/C20H28N6O3S/c1-4-21-20-22-14(2)13-18(25-20)23-16-5-7-17(8-6-16)24-19(27)15-9-11-26(12-10-15)30(3,28)29/h5-8,13,15H,4,9-12H2,1-3H3,(H,24,27)(H2,21,22,23,25). The van der Waals surface area contributed by atoms with E-state index < -0.39 is 10.0 Å². The molecule has 1 aromatic heterocycles. The van der Waals surface area contributed by atoms with Crippen molar-refractivity contribution in [2.75, 3.05) is 41.8 Å². The van der Waals surface area contributed by atoms with Gasteiger partial charge in [0.2, 0.25) is 21.9 Å². The van der Waals surface area contributed by atoms with Crippen molar-refractivity contribution >= 4 is 39.1 Å². The second kappa shape index (κ2) is 9.40. The van der Waals surface area contributed by atoms with Crippen LogP contribution < -0.4 is 16.0 Å². The topological polar surface area (TPSA) is 116 Å². The number of carbonyl (C=O) groups is 1. The van der Waals surface area contributed by atoms with E-state index in [1.54, 1.807) is 0 Å². The molecule has 0 spiro atoms. The number of amides is 1. The zero-order valence-corrected chi connectivity index (χ0v) is 18.3. The van der Waals surface area contributed by atoms with E-state index in [0.29, 0.717) is 43.4 Å². The SMILES string of the molecule is CCNc1nc(C)cc(Nc2ccc(NC(=O)C3CCN(S(C)(=O)=O)CC3)cc2)n1. The molecular formula is C20H28N6O3S. The maximum Gasteiger partial charge on any atom is 0.227 e. The molecule has 1 amide bonds. The Morgan fingerprint density at radius 1 is 1.13 bits per heavy atom. The second-order valence-corrected chi connectivity index (χ2v) is 9.36. The smallest absolute Gasteiger partial charge is 0.227 e. The zero-order valence-electron chi connectivity index (χ0n) is 17.5. The number of nitrogens with zero attached hydrogens (tertiary/aromatic N) is 3. The molecule has 0 atom stereocenters. The van der Waals surface area contributed by atoms with Gasteiger partial charge in [-0.25, -0.2) is 17.7 Å². The third kappa shape index (κ3) is 5.90. The van der Waals surface area contributed by atoms with Gasteiger partial charge < -0.3 is 16.0 Å². The van der Waals surface area contributed by atoms with Crippen LogP contribution in [0.2, 0.25) is 0 Å². The second-order valence-electron chi connectivity index (χ2n) is 7.38. The molecule has 2 aromatic rings. The first-order valence-electron chi connectivity index (χ1n) is 9.97. The van der Waals surface area contributed by atoms with E-state index in [0.717, 1.165) is 17.9 Å². The predicted molar refractivity (Wildman–Crippen MR) is 118 cm³/mol. The third-order valence-electron chi connectivity index (χ3n) is 4.91. The van der Waals surface area contributed by atoms with Crippen LogP contribution in [0.3, 0.4) is 0 Å². The van der Waals surface area contributed by atoms with Crippen LogP contribution in [-0.4, -0.2) is 54.5 Å². The lowest BCUT2D eigenvalue weighted by Crippen LogP contribution is -2.40. The summed E-state index contributed by atoms with van der Waals surface area (Å²) in [6.45, 7) is 5.40.